The normalized spacial score (nSPS) is 10.2. The van der Waals surface area contributed by atoms with Gasteiger partial charge in [0.2, 0.25) is 0 Å². The Bertz CT molecular complexity index is 488. The minimum Gasteiger partial charge on any atom is -0.378 e. The average Bonchev–Trinajstić information content (AvgIpc) is 2.40. The van der Waals surface area contributed by atoms with E-state index in [2.05, 4.69) is 25.3 Å². The minimum absolute atomic E-state index is 0.428. The molecule has 6 nitrogen and oxygen atoms in total. The van der Waals surface area contributed by atoms with E-state index in [1.54, 1.807) is 32.6 Å². The molecule has 0 amide bonds. The van der Waals surface area contributed by atoms with Crippen molar-refractivity contribution in [2.45, 2.75) is 6.61 Å². The average molecular weight is 231 g/mol. The van der Waals surface area contributed by atoms with Crippen LogP contribution in [0.2, 0.25) is 0 Å². The summed E-state index contributed by atoms with van der Waals surface area (Å²) in [4.78, 5) is 16.9. The summed E-state index contributed by atoms with van der Waals surface area (Å²) in [6.07, 6.45) is 3.32. The lowest BCUT2D eigenvalue weighted by atomic mass is 10.3. The van der Waals surface area contributed by atoms with Crippen molar-refractivity contribution in [2.75, 3.05) is 19.5 Å². The van der Waals surface area contributed by atoms with Crippen LogP contribution in [0.4, 0.5) is 5.82 Å². The molecule has 0 bridgehead atoms. The van der Waals surface area contributed by atoms with Gasteiger partial charge in [-0.1, -0.05) is 0 Å². The Hall–Kier alpha value is -2.08. The Morgan fingerprint density at radius 1 is 1.18 bits per heavy atom. The van der Waals surface area contributed by atoms with E-state index in [4.69, 9.17) is 4.74 Å². The zero-order chi connectivity index (χ0) is 12.1. The number of hydrogen-bond acceptors (Lipinski definition) is 6. The molecule has 0 spiro atoms. The van der Waals surface area contributed by atoms with E-state index in [9.17, 15) is 0 Å². The predicted octanol–water partition coefficient (Wildman–Crippen LogP) is 1.12. The van der Waals surface area contributed by atoms with Gasteiger partial charge in [0.1, 0.15) is 5.82 Å². The highest BCUT2D eigenvalue weighted by Gasteiger charge is 2.08. The van der Waals surface area contributed by atoms with Gasteiger partial charge in [-0.25, -0.2) is 19.9 Å². The molecule has 88 valence electrons. The van der Waals surface area contributed by atoms with Crippen LogP contribution in [0.3, 0.4) is 0 Å². The number of anilines is 1. The predicted molar refractivity (Wildman–Crippen MR) is 63.3 cm³/mol. The molecular weight excluding hydrogens is 218 g/mol. The van der Waals surface area contributed by atoms with Crippen molar-refractivity contribution >= 4 is 5.82 Å². The summed E-state index contributed by atoms with van der Waals surface area (Å²) >= 11 is 0. The molecule has 0 fully saturated rings. The van der Waals surface area contributed by atoms with Crippen LogP contribution in [0.1, 0.15) is 5.69 Å². The van der Waals surface area contributed by atoms with E-state index in [1.165, 1.54) is 0 Å². The molecule has 2 aromatic heterocycles. The van der Waals surface area contributed by atoms with Crippen LogP contribution in [0.25, 0.3) is 11.6 Å². The first-order valence-corrected chi connectivity index (χ1v) is 5.15. The third kappa shape index (κ3) is 2.73. The van der Waals surface area contributed by atoms with Crippen LogP contribution in [0.15, 0.2) is 24.5 Å². The number of aromatic nitrogens is 4. The smallest absolute Gasteiger partial charge is 0.200 e. The topological polar surface area (TPSA) is 72.8 Å². The van der Waals surface area contributed by atoms with Crippen LogP contribution in [0.5, 0.6) is 0 Å². The van der Waals surface area contributed by atoms with Gasteiger partial charge >= 0.3 is 0 Å². The van der Waals surface area contributed by atoms with Gasteiger partial charge in [0.05, 0.1) is 12.3 Å². The van der Waals surface area contributed by atoms with Crippen molar-refractivity contribution < 1.29 is 4.74 Å². The second-order valence-corrected chi connectivity index (χ2v) is 3.32. The zero-order valence-corrected chi connectivity index (χ0v) is 9.71. The summed E-state index contributed by atoms with van der Waals surface area (Å²) in [6, 6.07) is 3.58. The van der Waals surface area contributed by atoms with Crippen molar-refractivity contribution in [2.24, 2.45) is 0 Å². The molecule has 2 aromatic rings. The summed E-state index contributed by atoms with van der Waals surface area (Å²) < 4.78 is 5.06. The molecule has 1 N–H and O–H groups in total. The lowest BCUT2D eigenvalue weighted by Gasteiger charge is -2.06. The van der Waals surface area contributed by atoms with E-state index in [1.807, 2.05) is 6.07 Å². The number of nitrogens with one attached hydrogen (secondary N) is 1. The van der Waals surface area contributed by atoms with Crippen LogP contribution in [0, 0.1) is 0 Å². The quantitative estimate of drug-likeness (QED) is 0.850. The van der Waals surface area contributed by atoms with Gasteiger partial charge in [0.15, 0.2) is 11.6 Å². The van der Waals surface area contributed by atoms with Crippen molar-refractivity contribution in [3.63, 3.8) is 0 Å². The summed E-state index contributed by atoms with van der Waals surface area (Å²) in [7, 11) is 3.42. The van der Waals surface area contributed by atoms with Crippen LogP contribution >= 0.6 is 0 Å². The van der Waals surface area contributed by atoms with Gasteiger partial charge in [0, 0.05) is 32.6 Å². The fourth-order valence-electron chi connectivity index (χ4n) is 1.36. The van der Waals surface area contributed by atoms with Crippen LogP contribution < -0.4 is 5.32 Å². The summed E-state index contributed by atoms with van der Waals surface area (Å²) in [5.41, 5.74) is 0.786. The number of rotatable bonds is 4. The van der Waals surface area contributed by atoms with Crippen LogP contribution in [-0.2, 0) is 11.3 Å². The Morgan fingerprint density at radius 3 is 2.59 bits per heavy atom. The highest BCUT2D eigenvalue weighted by molar-refractivity contribution is 5.48. The summed E-state index contributed by atoms with van der Waals surface area (Å²) in [5, 5.41) is 2.97. The van der Waals surface area contributed by atoms with Crippen molar-refractivity contribution in [3.05, 3.63) is 30.2 Å². The molecule has 0 saturated carbocycles. The summed E-state index contributed by atoms with van der Waals surface area (Å²) in [5.74, 6) is 1.71. The Morgan fingerprint density at radius 2 is 1.94 bits per heavy atom. The van der Waals surface area contributed by atoms with Gasteiger partial charge in [-0.05, 0) is 6.07 Å². The molecule has 0 aliphatic heterocycles. The number of ether oxygens (including phenoxy) is 1. The lowest BCUT2D eigenvalue weighted by Crippen LogP contribution is -2.03. The number of methoxy groups -OCH3 is 1. The first kappa shape index (κ1) is 11.4. The maximum absolute atomic E-state index is 5.06. The fourth-order valence-corrected chi connectivity index (χ4v) is 1.36. The minimum atomic E-state index is 0.428. The van der Waals surface area contributed by atoms with Gasteiger partial charge in [0.25, 0.3) is 0 Å². The molecule has 0 radical (unpaired) electrons. The Kier molecular flexibility index (Phi) is 3.56. The molecule has 17 heavy (non-hydrogen) atoms. The Balaban J connectivity index is 2.43. The largest absolute Gasteiger partial charge is 0.378 e. The third-order valence-electron chi connectivity index (χ3n) is 2.09. The molecule has 0 atom stereocenters. The fraction of sp³-hybridized carbons (Fsp3) is 0.273. The van der Waals surface area contributed by atoms with E-state index < -0.39 is 0 Å². The van der Waals surface area contributed by atoms with Crippen LogP contribution in [-0.4, -0.2) is 34.1 Å². The first-order valence-electron chi connectivity index (χ1n) is 5.15. The van der Waals surface area contributed by atoms with Crippen molar-refractivity contribution in [1.29, 1.82) is 0 Å². The van der Waals surface area contributed by atoms with Gasteiger partial charge in [-0.2, -0.15) is 0 Å². The standard InChI is InChI=1S/C11H13N5O/c1-12-9-6-8(7-17-2)15-11(16-9)10-13-4-3-5-14-10/h3-6H,7H2,1-2H3,(H,12,15,16). The van der Waals surface area contributed by atoms with Gasteiger partial charge in [-0.3, -0.25) is 0 Å². The third-order valence-corrected chi connectivity index (χ3v) is 2.09. The second kappa shape index (κ2) is 5.31. The van der Waals surface area contributed by atoms with E-state index in [0.29, 0.717) is 18.3 Å². The maximum atomic E-state index is 5.06. The monoisotopic (exact) mass is 231 g/mol. The molecule has 6 heteroatoms. The van der Waals surface area contributed by atoms with Gasteiger partial charge < -0.3 is 10.1 Å². The molecular formula is C11H13N5O. The number of hydrogen-bond donors (Lipinski definition) is 1. The van der Waals surface area contributed by atoms with E-state index in [-0.39, 0.29) is 0 Å². The second-order valence-electron chi connectivity index (χ2n) is 3.32. The summed E-state index contributed by atoms with van der Waals surface area (Å²) in [6.45, 7) is 0.428. The van der Waals surface area contributed by atoms with Crippen molar-refractivity contribution in [3.8, 4) is 11.6 Å². The molecule has 0 saturated heterocycles. The lowest BCUT2D eigenvalue weighted by molar-refractivity contribution is 0.181. The highest BCUT2D eigenvalue weighted by Crippen LogP contribution is 2.13. The molecule has 2 heterocycles. The molecule has 0 aliphatic carbocycles. The maximum Gasteiger partial charge on any atom is 0.200 e. The molecule has 2 rings (SSSR count). The number of nitrogens with zero attached hydrogens (tertiary/aromatic N) is 4. The first-order chi connectivity index (χ1) is 8.33. The molecule has 0 unspecified atom stereocenters. The van der Waals surface area contributed by atoms with E-state index >= 15 is 0 Å². The molecule has 0 aromatic carbocycles. The SMILES string of the molecule is CNc1cc(COC)nc(-c2ncccn2)n1. The Labute approximate surface area is 99.1 Å². The van der Waals surface area contributed by atoms with Crippen molar-refractivity contribution in [1.82, 2.24) is 19.9 Å². The highest BCUT2D eigenvalue weighted by atomic mass is 16.5. The van der Waals surface area contributed by atoms with E-state index in [0.717, 1.165) is 11.5 Å². The zero-order valence-electron chi connectivity index (χ0n) is 9.71. The molecule has 0 aliphatic rings. The van der Waals surface area contributed by atoms with Gasteiger partial charge in [-0.15, -0.1) is 0 Å².